The van der Waals surface area contributed by atoms with E-state index in [0.29, 0.717) is 9.23 Å². The third-order valence-corrected chi connectivity index (χ3v) is 6.53. The van der Waals surface area contributed by atoms with Gasteiger partial charge in [-0.1, -0.05) is 35.3 Å². The van der Waals surface area contributed by atoms with E-state index in [2.05, 4.69) is 56.7 Å². The summed E-state index contributed by atoms with van der Waals surface area (Å²) in [6.07, 6.45) is 1.84. The minimum Gasteiger partial charge on any atom is -0.369 e. The van der Waals surface area contributed by atoms with E-state index in [-0.39, 0.29) is 5.91 Å². The fourth-order valence-corrected chi connectivity index (χ4v) is 4.70. The SMILES string of the molecule is CN1CCN(c2ccc(-n3nnc4ccc(/C=C5\SC(=S)NC5=O)cc43)cc2)CC1. The van der Waals surface area contributed by atoms with Crippen LogP contribution < -0.4 is 10.2 Å². The number of rotatable bonds is 3. The molecule has 5 rings (SSSR count). The number of likely N-dealkylation sites (N-methyl/N-ethyl adjacent to an activating group) is 1. The van der Waals surface area contributed by atoms with E-state index in [1.807, 2.05) is 29.0 Å². The summed E-state index contributed by atoms with van der Waals surface area (Å²) in [5, 5.41) is 11.3. The van der Waals surface area contributed by atoms with Crippen molar-refractivity contribution in [3.8, 4) is 5.69 Å². The van der Waals surface area contributed by atoms with E-state index in [1.54, 1.807) is 0 Å². The van der Waals surface area contributed by atoms with Gasteiger partial charge in [0.25, 0.3) is 5.91 Å². The number of aromatic nitrogens is 3. The number of anilines is 1. The van der Waals surface area contributed by atoms with Gasteiger partial charge in [-0.15, -0.1) is 5.10 Å². The van der Waals surface area contributed by atoms with Crippen LogP contribution in [0.2, 0.25) is 0 Å². The number of thioether (sulfide) groups is 1. The van der Waals surface area contributed by atoms with E-state index < -0.39 is 0 Å². The Balaban J connectivity index is 1.44. The van der Waals surface area contributed by atoms with Crippen molar-refractivity contribution in [3.05, 3.63) is 52.9 Å². The average molecular weight is 437 g/mol. The highest BCUT2D eigenvalue weighted by Crippen LogP contribution is 2.27. The molecule has 0 unspecified atom stereocenters. The molecule has 0 spiro atoms. The lowest BCUT2D eigenvalue weighted by Gasteiger charge is -2.34. The lowest BCUT2D eigenvalue weighted by Crippen LogP contribution is -2.44. The first kappa shape index (κ1) is 19.2. The van der Waals surface area contributed by atoms with Crippen LogP contribution in [0.5, 0.6) is 0 Å². The molecule has 2 aliphatic heterocycles. The molecular formula is C21H20N6OS2. The molecule has 0 aliphatic carbocycles. The zero-order valence-corrected chi connectivity index (χ0v) is 18.0. The molecule has 9 heteroatoms. The number of piperazine rings is 1. The number of benzene rings is 2. The Kier molecular flexibility index (Phi) is 5.01. The van der Waals surface area contributed by atoms with Gasteiger partial charge in [-0.25, -0.2) is 4.68 Å². The topological polar surface area (TPSA) is 66.3 Å². The molecule has 0 radical (unpaired) electrons. The first-order valence-corrected chi connectivity index (χ1v) is 10.9. The van der Waals surface area contributed by atoms with E-state index >= 15 is 0 Å². The van der Waals surface area contributed by atoms with Gasteiger partial charge in [0.15, 0.2) is 0 Å². The summed E-state index contributed by atoms with van der Waals surface area (Å²) in [4.78, 5) is 17.3. The fraction of sp³-hybridized carbons (Fsp3) is 0.238. The first-order valence-electron chi connectivity index (χ1n) is 9.71. The third-order valence-electron chi connectivity index (χ3n) is 5.37. The zero-order valence-electron chi connectivity index (χ0n) is 16.4. The van der Waals surface area contributed by atoms with E-state index in [4.69, 9.17) is 12.2 Å². The monoisotopic (exact) mass is 436 g/mol. The quantitative estimate of drug-likeness (QED) is 0.500. The van der Waals surface area contributed by atoms with Gasteiger partial charge in [-0.2, -0.15) is 0 Å². The molecule has 0 bridgehead atoms. The Morgan fingerprint density at radius 2 is 1.80 bits per heavy atom. The third kappa shape index (κ3) is 3.71. The predicted molar refractivity (Wildman–Crippen MR) is 125 cm³/mol. The number of thiocarbonyl (C=S) groups is 1. The van der Waals surface area contributed by atoms with Crippen LogP contribution in [-0.4, -0.2) is 63.3 Å². The van der Waals surface area contributed by atoms with Crippen LogP contribution in [0.1, 0.15) is 5.56 Å². The molecule has 2 aliphatic rings. The fourth-order valence-electron chi connectivity index (χ4n) is 3.66. The summed E-state index contributed by atoms with van der Waals surface area (Å²) >= 11 is 6.34. The van der Waals surface area contributed by atoms with Crippen LogP contribution in [0.15, 0.2) is 47.4 Å². The summed E-state index contributed by atoms with van der Waals surface area (Å²) < 4.78 is 2.32. The molecule has 3 aromatic rings. The van der Waals surface area contributed by atoms with Gasteiger partial charge < -0.3 is 15.1 Å². The van der Waals surface area contributed by atoms with Crippen LogP contribution >= 0.6 is 24.0 Å². The Morgan fingerprint density at radius 3 is 2.50 bits per heavy atom. The van der Waals surface area contributed by atoms with Crippen LogP contribution in [0.25, 0.3) is 22.8 Å². The number of nitrogens with zero attached hydrogens (tertiary/aromatic N) is 5. The second-order valence-electron chi connectivity index (χ2n) is 7.41. The molecule has 3 heterocycles. The number of hydrogen-bond acceptors (Lipinski definition) is 7. The highest BCUT2D eigenvalue weighted by molar-refractivity contribution is 8.26. The normalized spacial score (nSPS) is 19.1. The minimum absolute atomic E-state index is 0.156. The van der Waals surface area contributed by atoms with Gasteiger partial charge in [0.05, 0.1) is 16.1 Å². The lowest BCUT2D eigenvalue weighted by molar-refractivity contribution is -0.115. The first-order chi connectivity index (χ1) is 14.6. The molecule has 0 atom stereocenters. The Labute approximate surface area is 183 Å². The van der Waals surface area contributed by atoms with Gasteiger partial charge in [0, 0.05) is 31.9 Å². The molecule has 2 fully saturated rings. The molecule has 0 saturated carbocycles. The number of amides is 1. The highest BCUT2D eigenvalue weighted by atomic mass is 32.2. The van der Waals surface area contributed by atoms with Gasteiger partial charge in [-0.3, -0.25) is 4.79 Å². The Bertz CT molecular complexity index is 1160. The Hall–Kier alpha value is -2.75. The van der Waals surface area contributed by atoms with Crippen LogP contribution in [0.4, 0.5) is 5.69 Å². The summed E-state index contributed by atoms with van der Waals surface area (Å²) in [6, 6.07) is 14.3. The van der Waals surface area contributed by atoms with Crippen LogP contribution in [-0.2, 0) is 4.79 Å². The standard InChI is InChI=1S/C21H20N6OS2/c1-25-8-10-26(11-9-25)15-3-5-16(6-4-15)27-18-12-14(2-7-17(18)23-24-27)13-19-20(28)22-21(29)30-19/h2-7,12-13H,8-11H2,1H3,(H,22,28,29)/b19-13-. The molecule has 30 heavy (non-hydrogen) atoms. The molecule has 1 aromatic heterocycles. The van der Waals surface area contributed by atoms with Gasteiger partial charge in [0.2, 0.25) is 0 Å². The van der Waals surface area contributed by atoms with Crippen molar-refractivity contribution in [2.24, 2.45) is 0 Å². The maximum absolute atomic E-state index is 11.9. The minimum atomic E-state index is -0.156. The van der Waals surface area contributed by atoms with E-state index in [0.717, 1.165) is 48.5 Å². The summed E-state index contributed by atoms with van der Waals surface area (Å²) in [5.41, 5.74) is 4.78. The smallest absolute Gasteiger partial charge is 0.263 e. The van der Waals surface area contributed by atoms with Crippen molar-refractivity contribution < 1.29 is 4.79 Å². The van der Waals surface area contributed by atoms with Crippen molar-refractivity contribution in [2.75, 3.05) is 38.1 Å². The summed E-state index contributed by atoms with van der Waals surface area (Å²) in [6.45, 7) is 4.23. The van der Waals surface area contributed by atoms with Crippen molar-refractivity contribution in [1.82, 2.24) is 25.2 Å². The van der Waals surface area contributed by atoms with E-state index in [9.17, 15) is 4.79 Å². The number of carbonyl (C=O) groups is 1. The highest BCUT2D eigenvalue weighted by Gasteiger charge is 2.22. The average Bonchev–Trinajstić information content (AvgIpc) is 3.31. The molecular weight excluding hydrogens is 416 g/mol. The zero-order chi connectivity index (χ0) is 20.7. The number of hydrogen-bond donors (Lipinski definition) is 1. The maximum atomic E-state index is 11.9. The lowest BCUT2D eigenvalue weighted by atomic mass is 10.1. The number of carbonyl (C=O) groups excluding carboxylic acids is 1. The molecule has 7 nitrogen and oxygen atoms in total. The maximum Gasteiger partial charge on any atom is 0.263 e. The van der Waals surface area contributed by atoms with Gasteiger partial charge in [0.1, 0.15) is 9.84 Å². The number of nitrogens with one attached hydrogen (secondary N) is 1. The largest absolute Gasteiger partial charge is 0.369 e. The van der Waals surface area contributed by atoms with Gasteiger partial charge >= 0.3 is 0 Å². The van der Waals surface area contributed by atoms with Crippen LogP contribution in [0.3, 0.4) is 0 Å². The number of fused-ring (bicyclic) bond motifs is 1. The predicted octanol–water partition coefficient (Wildman–Crippen LogP) is 2.66. The van der Waals surface area contributed by atoms with E-state index in [1.165, 1.54) is 17.4 Å². The van der Waals surface area contributed by atoms with Crippen molar-refractivity contribution in [3.63, 3.8) is 0 Å². The van der Waals surface area contributed by atoms with Crippen LogP contribution in [0, 0.1) is 0 Å². The molecule has 1 amide bonds. The second kappa shape index (κ2) is 7.82. The molecule has 1 N–H and O–H groups in total. The molecule has 2 aromatic carbocycles. The summed E-state index contributed by atoms with van der Waals surface area (Å²) in [5.74, 6) is -0.156. The van der Waals surface area contributed by atoms with Crippen molar-refractivity contribution >= 4 is 57.0 Å². The van der Waals surface area contributed by atoms with Gasteiger partial charge in [-0.05, 0) is 55.1 Å². The van der Waals surface area contributed by atoms with Crippen molar-refractivity contribution in [1.29, 1.82) is 0 Å². The second-order valence-corrected chi connectivity index (χ2v) is 9.13. The molecule has 152 valence electrons. The summed E-state index contributed by atoms with van der Waals surface area (Å²) in [7, 11) is 2.16. The molecule has 2 saturated heterocycles. The Morgan fingerprint density at radius 1 is 1.07 bits per heavy atom. The van der Waals surface area contributed by atoms with Crippen molar-refractivity contribution in [2.45, 2.75) is 0 Å².